The fourth-order valence-electron chi connectivity index (χ4n) is 3.11. The summed E-state index contributed by atoms with van der Waals surface area (Å²) in [5.41, 5.74) is -0.136. The first-order chi connectivity index (χ1) is 13.3. The monoisotopic (exact) mass is 394 g/mol. The zero-order chi connectivity index (χ0) is 20.1. The lowest BCUT2D eigenvalue weighted by molar-refractivity contribution is -0.137. The summed E-state index contributed by atoms with van der Waals surface area (Å²) in [6.45, 7) is 1.17. The Morgan fingerprint density at radius 1 is 1.21 bits per heavy atom. The number of rotatable bonds is 5. The van der Waals surface area contributed by atoms with E-state index in [1.54, 1.807) is 11.0 Å². The van der Waals surface area contributed by atoms with E-state index < -0.39 is 11.7 Å². The van der Waals surface area contributed by atoms with Crippen molar-refractivity contribution in [2.45, 2.75) is 31.5 Å². The van der Waals surface area contributed by atoms with Crippen LogP contribution in [-0.4, -0.2) is 47.0 Å². The van der Waals surface area contributed by atoms with Gasteiger partial charge < -0.3 is 15.0 Å². The Kier molecular flexibility index (Phi) is 6.01. The second-order valence-electron chi connectivity index (χ2n) is 6.62. The number of alkyl halides is 3. The highest BCUT2D eigenvalue weighted by Gasteiger charge is 2.30. The van der Waals surface area contributed by atoms with Crippen molar-refractivity contribution in [2.75, 3.05) is 25.5 Å². The van der Waals surface area contributed by atoms with Gasteiger partial charge in [0.2, 0.25) is 11.8 Å². The molecular formula is C19H21F3N4O2. The number of amides is 1. The largest absolute Gasteiger partial charge is 0.481 e. The molecule has 0 unspecified atom stereocenters. The predicted octanol–water partition coefficient (Wildman–Crippen LogP) is 3.15. The third-order valence-electron chi connectivity index (χ3n) is 4.69. The fourth-order valence-corrected chi connectivity index (χ4v) is 3.11. The van der Waals surface area contributed by atoms with Crippen LogP contribution in [0.4, 0.5) is 19.0 Å². The highest BCUT2D eigenvalue weighted by atomic mass is 19.4. The molecule has 0 radical (unpaired) electrons. The van der Waals surface area contributed by atoms with E-state index in [9.17, 15) is 18.0 Å². The zero-order valence-corrected chi connectivity index (χ0v) is 15.4. The van der Waals surface area contributed by atoms with Gasteiger partial charge in [-0.25, -0.2) is 9.97 Å². The molecular weight excluding hydrogens is 373 g/mol. The number of anilines is 1. The summed E-state index contributed by atoms with van der Waals surface area (Å²) in [5.74, 6) is 1.06. The number of likely N-dealkylation sites (tertiary alicyclic amines) is 1. The van der Waals surface area contributed by atoms with Gasteiger partial charge in [-0.05, 0) is 30.5 Å². The fraction of sp³-hybridized carbons (Fsp3) is 0.421. The average Bonchev–Trinajstić information content (AvgIpc) is 2.68. The quantitative estimate of drug-likeness (QED) is 0.844. The van der Waals surface area contributed by atoms with Gasteiger partial charge in [0.25, 0.3) is 0 Å². The van der Waals surface area contributed by atoms with Crippen LogP contribution in [0.15, 0.2) is 36.7 Å². The number of halogens is 3. The maximum Gasteiger partial charge on any atom is 0.416 e. The molecule has 1 saturated heterocycles. The molecule has 1 aromatic carbocycles. The van der Waals surface area contributed by atoms with Gasteiger partial charge >= 0.3 is 6.18 Å². The molecule has 0 atom stereocenters. The number of hydrogen-bond acceptors (Lipinski definition) is 5. The van der Waals surface area contributed by atoms with E-state index in [2.05, 4.69) is 15.3 Å². The summed E-state index contributed by atoms with van der Waals surface area (Å²) in [4.78, 5) is 22.3. The minimum Gasteiger partial charge on any atom is -0.481 e. The molecule has 1 aliphatic heterocycles. The van der Waals surface area contributed by atoms with E-state index in [4.69, 9.17) is 4.74 Å². The summed E-state index contributed by atoms with van der Waals surface area (Å²) in [7, 11) is 1.53. The topological polar surface area (TPSA) is 67.3 Å². The normalized spacial score (nSPS) is 15.4. The number of carbonyl (C=O) groups excluding carboxylic acids is 1. The van der Waals surface area contributed by atoms with Gasteiger partial charge in [-0.15, -0.1) is 0 Å². The Morgan fingerprint density at radius 2 is 1.89 bits per heavy atom. The molecule has 1 aliphatic rings. The minimum absolute atomic E-state index is 0.0816. The van der Waals surface area contributed by atoms with Crippen molar-refractivity contribution in [3.8, 4) is 5.88 Å². The van der Waals surface area contributed by atoms with Gasteiger partial charge in [0, 0.05) is 25.2 Å². The highest BCUT2D eigenvalue weighted by Crippen LogP contribution is 2.29. The van der Waals surface area contributed by atoms with Crippen LogP contribution in [-0.2, 0) is 17.4 Å². The Bertz CT molecular complexity index is 804. The van der Waals surface area contributed by atoms with Crippen LogP contribution < -0.4 is 10.1 Å². The van der Waals surface area contributed by atoms with Gasteiger partial charge in [-0.2, -0.15) is 13.2 Å². The molecule has 0 aliphatic carbocycles. The summed E-state index contributed by atoms with van der Waals surface area (Å²) in [6.07, 6.45) is -1.34. The van der Waals surface area contributed by atoms with Crippen molar-refractivity contribution in [1.82, 2.24) is 14.9 Å². The van der Waals surface area contributed by atoms with Gasteiger partial charge in [-0.3, -0.25) is 4.79 Å². The Balaban J connectivity index is 1.49. The lowest BCUT2D eigenvalue weighted by Gasteiger charge is -2.32. The molecule has 0 bridgehead atoms. The van der Waals surface area contributed by atoms with E-state index in [1.165, 1.54) is 25.6 Å². The first-order valence-corrected chi connectivity index (χ1v) is 8.91. The third kappa shape index (κ3) is 5.11. The van der Waals surface area contributed by atoms with Crippen LogP contribution in [0.25, 0.3) is 0 Å². The number of nitrogens with one attached hydrogen (secondary N) is 1. The van der Waals surface area contributed by atoms with Crippen molar-refractivity contribution in [3.63, 3.8) is 0 Å². The lowest BCUT2D eigenvalue weighted by Crippen LogP contribution is -2.43. The second kappa shape index (κ2) is 8.45. The second-order valence-corrected chi connectivity index (χ2v) is 6.62. The first-order valence-electron chi connectivity index (χ1n) is 8.91. The summed E-state index contributed by atoms with van der Waals surface area (Å²) in [5, 5.41) is 3.31. The maximum absolute atomic E-state index is 12.6. The van der Waals surface area contributed by atoms with Gasteiger partial charge in [0.1, 0.15) is 12.1 Å². The van der Waals surface area contributed by atoms with E-state index in [0.717, 1.165) is 25.0 Å². The van der Waals surface area contributed by atoms with E-state index >= 15 is 0 Å². The number of methoxy groups -OCH3 is 1. The smallest absolute Gasteiger partial charge is 0.416 e. The summed E-state index contributed by atoms with van der Waals surface area (Å²) < 4.78 is 42.9. The van der Waals surface area contributed by atoms with Crippen molar-refractivity contribution in [3.05, 3.63) is 47.8 Å². The molecule has 2 aromatic rings. The summed E-state index contributed by atoms with van der Waals surface area (Å²) in [6, 6.07) is 6.62. The maximum atomic E-state index is 12.6. The molecule has 1 fully saturated rings. The zero-order valence-electron chi connectivity index (χ0n) is 15.4. The standard InChI is InChI=1S/C19H21F3N4O2/c1-28-17-11-16(23-12-24-17)25-15-6-8-26(9-7-15)18(27)10-13-2-4-14(5-3-13)19(20,21)22/h2-5,11-12,15H,6-10H2,1H3,(H,23,24,25). The number of carbonyl (C=O) groups is 1. The lowest BCUT2D eigenvalue weighted by atomic mass is 10.0. The van der Waals surface area contributed by atoms with Gasteiger partial charge in [0.05, 0.1) is 19.1 Å². The van der Waals surface area contributed by atoms with Crippen LogP contribution in [0, 0.1) is 0 Å². The molecule has 6 nitrogen and oxygen atoms in total. The third-order valence-corrected chi connectivity index (χ3v) is 4.69. The van der Waals surface area contributed by atoms with Crippen LogP contribution in [0.3, 0.4) is 0 Å². The number of ether oxygens (including phenoxy) is 1. The molecule has 150 valence electrons. The van der Waals surface area contributed by atoms with Crippen molar-refractivity contribution < 1.29 is 22.7 Å². The Hall–Kier alpha value is -2.84. The molecule has 1 N–H and O–H groups in total. The molecule has 3 rings (SSSR count). The molecule has 9 heteroatoms. The van der Waals surface area contributed by atoms with E-state index in [0.29, 0.717) is 30.4 Å². The number of benzene rings is 1. The molecule has 1 aromatic heterocycles. The van der Waals surface area contributed by atoms with Crippen molar-refractivity contribution in [1.29, 1.82) is 0 Å². The van der Waals surface area contributed by atoms with Crippen LogP contribution >= 0.6 is 0 Å². The number of aromatic nitrogens is 2. The Labute approximate surface area is 160 Å². The molecule has 2 heterocycles. The highest BCUT2D eigenvalue weighted by molar-refractivity contribution is 5.78. The van der Waals surface area contributed by atoms with Crippen molar-refractivity contribution >= 4 is 11.7 Å². The molecule has 28 heavy (non-hydrogen) atoms. The SMILES string of the molecule is COc1cc(NC2CCN(C(=O)Cc3ccc(C(F)(F)F)cc3)CC2)ncn1. The van der Waals surface area contributed by atoms with Crippen LogP contribution in [0.1, 0.15) is 24.0 Å². The Morgan fingerprint density at radius 3 is 2.50 bits per heavy atom. The minimum atomic E-state index is -4.37. The molecule has 0 saturated carbocycles. The van der Waals surface area contributed by atoms with E-state index in [-0.39, 0.29) is 18.4 Å². The molecule has 1 amide bonds. The number of hydrogen-bond donors (Lipinski definition) is 1. The first kappa shape index (κ1) is 19.9. The van der Waals surface area contributed by atoms with Crippen molar-refractivity contribution in [2.24, 2.45) is 0 Å². The van der Waals surface area contributed by atoms with Gasteiger partial charge in [0.15, 0.2) is 0 Å². The summed E-state index contributed by atoms with van der Waals surface area (Å²) >= 11 is 0. The average molecular weight is 394 g/mol. The number of piperidine rings is 1. The van der Waals surface area contributed by atoms with Gasteiger partial charge in [-0.1, -0.05) is 12.1 Å². The number of nitrogens with zero attached hydrogens (tertiary/aromatic N) is 3. The molecule has 0 spiro atoms. The predicted molar refractivity (Wildman–Crippen MR) is 97.0 cm³/mol. The van der Waals surface area contributed by atoms with E-state index in [1.807, 2.05) is 0 Å². The van der Waals surface area contributed by atoms with Crippen LogP contribution in [0.2, 0.25) is 0 Å². The van der Waals surface area contributed by atoms with Crippen LogP contribution in [0.5, 0.6) is 5.88 Å².